The fraction of sp³-hybridized carbons (Fsp3) is 0.333. The van der Waals surface area contributed by atoms with Gasteiger partial charge in [0.25, 0.3) is 0 Å². The molecule has 0 radical (unpaired) electrons. The Bertz CT molecular complexity index is 1420. The number of hydrogen-bond donors (Lipinski definition) is 0. The third kappa shape index (κ3) is 7.64. The number of benzene rings is 3. The Balaban J connectivity index is 1.41. The second-order valence-corrected chi connectivity index (χ2v) is 9.42. The molecular weight excluding hydrogens is 534 g/mol. The molecule has 0 N–H and O–H groups in total. The lowest BCUT2D eigenvalue weighted by atomic mass is 9.98. The van der Waals surface area contributed by atoms with Gasteiger partial charge in [-0.15, -0.1) is 13.2 Å². The van der Waals surface area contributed by atoms with Crippen molar-refractivity contribution in [3.63, 3.8) is 0 Å². The minimum Gasteiger partial charge on any atom is -0.490 e. The molecule has 212 valence electrons. The molecule has 0 aliphatic heterocycles. The summed E-state index contributed by atoms with van der Waals surface area (Å²) in [4.78, 5) is 8.73. The molecule has 40 heavy (non-hydrogen) atoms. The van der Waals surface area contributed by atoms with Crippen molar-refractivity contribution in [1.82, 2.24) is 9.97 Å². The van der Waals surface area contributed by atoms with E-state index in [1.807, 2.05) is 0 Å². The first-order valence-electron chi connectivity index (χ1n) is 13.0. The number of nitrogens with zero attached hydrogens (tertiary/aromatic N) is 2. The van der Waals surface area contributed by atoms with Gasteiger partial charge in [0.2, 0.25) is 5.75 Å². The summed E-state index contributed by atoms with van der Waals surface area (Å²) in [5, 5.41) is 0.955. The van der Waals surface area contributed by atoms with E-state index in [0.29, 0.717) is 40.1 Å². The minimum absolute atomic E-state index is 0.00163. The van der Waals surface area contributed by atoms with Crippen molar-refractivity contribution in [2.75, 3.05) is 6.61 Å². The van der Waals surface area contributed by atoms with Crippen LogP contribution in [0.4, 0.5) is 26.3 Å². The number of rotatable bonds is 12. The topological polar surface area (TPSA) is 44.2 Å². The Morgan fingerprint density at radius 1 is 0.800 bits per heavy atom. The van der Waals surface area contributed by atoms with Gasteiger partial charge in [0.15, 0.2) is 23.2 Å². The summed E-state index contributed by atoms with van der Waals surface area (Å²) in [7, 11) is 0. The van der Waals surface area contributed by atoms with Crippen LogP contribution in [-0.4, -0.2) is 22.9 Å². The van der Waals surface area contributed by atoms with Crippen molar-refractivity contribution in [2.45, 2.75) is 58.2 Å². The van der Waals surface area contributed by atoms with Gasteiger partial charge in [-0.1, -0.05) is 56.9 Å². The van der Waals surface area contributed by atoms with Gasteiger partial charge in [0.05, 0.1) is 19.0 Å². The van der Waals surface area contributed by atoms with E-state index in [9.17, 15) is 22.0 Å². The number of fused-ring (bicyclic) bond motifs is 1. The largest absolute Gasteiger partial charge is 0.573 e. The van der Waals surface area contributed by atoms with Crippen molar-refractivity contribution in [3.8, 4) is 22.9 Å². The van der Waals surface area contributed by atoms with E-state index >= 15 is 4.39 Å². The first kappa shape index (κ1) is 29.2. The van der Waals surface area contributed by atoms with Gasteiger partial charge in [-0.3, -0.25) is 0 Å². The third-order valence-corrected chi connectivity index (χ3v) is 6.40. The van der Waals surface area contributed by atoms with E-state index in [4.69, 9.17) is 4.74 Å². The Morgan fingerprint density at radius 3 is 2.17 bits per heavy atom. The number of aryl methyl sites for hydroxylation is 2. The lowest BCUT2D eigenvalue weighted by Crippen LogP contribution is -2.19. The smallest absolute Gasteiger partial charge is 0.490 e. The molecule has 0 saturated heterocycles. The number of unbranched alkanes of at least 4 members (excludes halogenated alkanes) is 4. The van der Waals surface area contributed by atoms with Gasteiger partial charge in [0, 0.05) is 10.9 Å². The molecule has 10 heteroatoms. The molecule has 0 aliphatic rings. The van der Waals surface area contributed by atoms with Crippen LogP contribution in [0.15, 0.2) is 54.9 Å². The molecule has 0 unspecified atom stereocenters. The summed E-state index contributed by atoms with van der Waals surface area (Å²) in [6, 6.07) is 9.84. The summed E-state index contributed by atoms with van der Waals surface area (Å²) in [5.41, 5.74) is 1.06. The maximum absolute atomic E-state index is 15.2. The second-order valence-electron chi connectivity index (χ2n) is 9.42. The minimum atomic E-state index is -5.23. The van der Waals surface area contributed by atoms with E-state index in [1.54, 1.807) is 42.7 Å². The maximum atomic E-state index is 15.2. The summed E-state index contributed by atoms with van der Waals surface area (Å²) in [6.07, 6.45) is 3.75. The highest BCUT2D eigenvalue weighted by Crippen LogP contribution is 2.31. The molecule has 0 aliphatic carbocycles. The molecule has 4 nitrogen and oxygen atoms in total. The van der Waals surface area contributed by atoms with Gasteiger partial charge < -0.3 is 9.47 Å². The van der Waals surface area contributed by atoms with Crippen LogP contribution >= 0.6 is 0 Å². The van der Waals surface area contributed by atoms with Crippen LogP contribution in [0.1, 0.15) is 50.2 Å². The van der Waals surface area contributed by atoms with Crippen molar-refractivity contribution in [3.05, 3.63) is 83.4 Å². The Morgan fingerprint density at radius 2 is 1.50 bits per heavy atom. The molecule has 0 amide bonds. The van der Waals surface area contributed by atoms with Gasteiger partial charge in [0.1, 0.15) is 5.82 Å². The van der Waals surface area contributed by atoms with Gasteiger partial charge in [-0.05, 0) is 54.0 Å². The predicted molar refractivity (Wildman–Crippen MR) is 140 cm³/mol. The van der Waals surface area contributed by atoms with Crippen LogP contribution in [0.2, 0.25) is 0 Å². The van der Waals surface area contributed by atoms with E-state index in [-0.39, 0.29) is 18.4 Å². The molecule has 4 rings (SSSR count). The van der Waals surface area contributed by atoms with Crippen LogP contribution in [0, 0.1) is 17.5 Å². The summed E-state index contributed by atoms with van der Waals surface area (Å²) < 4.78 is 89.4. The third-order valence-electron chi connectivity index (χ3n) is 6.40. The first-order valence-corrected chi connectivity index (χ1v) is 13.0. The Kier molecular flexibility index (Phi) is 9.50. The van der Waals surface area contributed by atoms with Gasteiger partial charge >= 0.3 is 6.36 Å². The highest BCUT2D eigenvalue weighted by molar-refractivity contribution is 5.87. The highest BCUT2D eigenvalue weighted by atomic mass is 19.4. The normalized spacial score (nSPS) is 11.7. The molecule has 3 aromatic carbocycles. The fourth-order valence-electron chi connectivity index (χ4n) is 4.35. The highest BCUT2D eigenvalue weighted by Gasteiger charge is 2.34. The standard InChI is InChI=1S/C30H28F6N2O2/c1-2-3-4-5-6-13-39-23-17-37-29(38-18-23)22-11-12-24-21(16-22)10-9-20(27(24)33)8-7-19-14-25(31)28(26(32)15-19)40-30(34,35)36/h9-12,14-18H,2-8,13H2,1H3. The van der Waals surface area contributed by atoms with Crippen molar-refractivity contribution >= 4 is 10.8 Å². The van der Waals surface area contributed by atoms with Crippen LogP contribution in [0.3, 0.4) is 0 Å². The van der Waals surface area contributed by atoms with Crippen molar-refractivity contribution < 1.29 is 35.8 Å². The Labute approximate surface area is 228 Å². The number of aromatic nitrogens is 2. The number of alkyl halides is 3. The van der Waals surface area contributed by atoms with Crippen LogP contribution in [0.25, 0.3) is 22.2 Å². The molecule has 0 atom stereocenters. The monoisotopic (exact) mass is 562 g/mol. The zero-order chi connectivity index (χ0) is 28.7. The molecule has 0 bridgehead atoms. The molecule has 0 spiro atoms. The van der Waals surface area contributed by atoms with Crippen molar-refractivity contribution in [2.24, 2.45) is 0 Å². The molecular formula is C30H28F6N2O2. The Hall–Kier alpha value is -3.82. The second kappa shape index (κ2) is 13.0. The van der Waals surface area contributed by atoms with E-state index in [2.05, 4.69) is 21.6 Å². The van der Waals surface area contributed by atoms with Crippen molar-refractivity contribution in [1.29, 1.82) is 0 Å². The van der Waals surface area contributed by atoms with E-state index in [0.717, 1.165) is 25.0 Å². The summed E-state index contributed by atoms with van der Waals surface area (Å²) >= 11 is 0. The quantitative estimate of drug-likeness (QED) is 0.128. The maximum Gasteiger partial charge on any atom is 0.573 e. The zero-order valence-corrected chi connectivity index (χ0v) is 21.8. The molecule has 1 aromatic heterocycles. The number of hydrogen-bond acceptors (Lipinski definition) is 4. The number of halogens is 6. The molecule has 0 saturated carbocycles. The van der Waals surface area contributed by atoms with E-state index in [1.165, 1.54) is 19.3 Å². The summed E-state index contributed by atoms with van der Waals surface area (Å²) in [6.45, 7) is 2.77. The van der Waals surface area contributed by atoms with Gasteiger partial charge in [-0.2, -0.15) is 0 Å². The fourth-order valence-corrected chi connectivity index (χ4v) is 4.35. The first-order chi connectivity index (χ1) is 19.1. The predicted octanol–water partition coefficient (Wildman–Crippen LogP) is 8.75. The van der Waals surface area contributed by atoms with Crippen LogP contribution < -0.4 is 9.47 Å². The molecule has 4 aromatic rings. The average molecular weight is 563 g/mol. The number of ether oxygens (including phenoxy) is 2. The average Bonchev–Trinajstić information content (AvgIpc) is 2.92. The zero-order valence-electron chi connectivity index (χ0n) is 21.8. The van der Waals surface area contributed by atoms with Crippen LogP contribution in [0.5, 0.6) is 11.5 Å². The lowest BCUT2D eigenvalue weighted by Gasteiger charge is -2.12. The molecule has 1 heterocycles. The van der Waals surface area contributed by atoms with Gasteiger partial charge in [-0.25, -0.2) is 23.1 Å². The lowest BCUT2D eigenvalue weighted by molar-refractivity contribution is -0.276. The van der Waals surface area contributed by atoms with Crippen LogP contribution in [-0.2, 0) is 12.8 Å². The molecule has 0 fully saturated rings. The summed E-state index contributed by atoms with van der Waals surface area (Å²) in [5.74, 6) is -3.94. The van der Waals surface area contributed by atoms with E-state index < -0.39 is 29.6 Å². The SMILES string of the molecule is CCCCCCCOc1cnc(-c2ccc3c(F)c(CCc4cc(F)c(OC(F)(F)F)c(F)c4)ccc3c2)nc1.